The SMILES string of the molecule is O=C(c1ccc2ccccc2n1)N1CC2(C[C@@H](OCC3CC3)CS2)C1. The summed E-state index contributed by atoms with van der Waals surface area (Å²) in [7, 11) is 0. The summed E-state index contributed by atoms with van der Waals surface area (Å²) in [6.07, 6.45) is 4.14. The zero-order valence-corrected chi connectivity index (χ0v) is 15.0. The number of nitrogens with zero attached hydrogens (tertiary/aromatic N) is 2. The maximum absolute atomic E-state index is 12.7. The van der Waals surface area contributed by atoms with Gasteiger partial charge in [-0.05, 0) is 37.3 Å². The van der Waals surface area contributed by atoms with E-state index in [1.54, 1.807) is 0 Å². The molecule has 0 unspecified atom stereocenters. The minimum Gasteiger partial charge on any atom is -0.377 e. The first-order chi connectivity index (χ1) is 12.2. The van der Waals surface area contributed by atoms with E-state index in [1.165, 1.54) is 12.8 Å². The van der Waals surface area contributed by atoms with Gasteiger partial charge in [-0.1, -0.05) is 24.3 Å². The lowest BCUT2D eigenvalue weighted by atomic mass is 9.92. The number of fused-ring (bicyclic) bond motifs is 1. The normalized spacial score (nSPS) is 24.6. The summed E-state index contributed by atoms with van der Waals surface area (Å²) in [5.74, 6) is 1.95. The topological polar surface area (TPSA) is 42.4 Å². The Labute approximate surface area is 151 Å². The van der Waals surface area contributed by atoms with Crippen LogP contribution >= 0.6 is 11.8 Å². The van der Waals surface area contributed by atoms with Gasteiger partial charge < -0.3 is 9.64 Å². The molecule has 2 aliphatic heterocycles. The van der Waals surface area contributed by atoms with Gasteiger partial charge in [-0.15, -0.1) is 11.8 Å². The summed E-state index contributed by atoms with van der Waals surface area (Å²) in [6.45, 7) is 2.59. The number of benzene rings is 1. The zero-order chi connectivity index (χ0) is 16.9. The van der Waals surface area contributed by atoms with Gasteiger partial charge in [0.1, 0.15) is 5.69 Å². The fraction of sp³-hybridized carbons (Fsp3) is 0.500. The third-order valence-electron chi connectivity index (χ3n) is 5.50. The Hall–Kier alpha value is -1.59. The van der Waals surface area contributed by atoms with E-state index in [-0.39, 0.29) is 10.7 Å². The second kappa shape index (κ2) is 5.99. The molecule has 1 aliphatic carbocycles. The first kappa shape index (κ1) is 15.6. The number of hydrogen-bond acceptors (Lipinski definition) is 4. The lowest BCUT2D eigenvalue weighted by molar-refractivity contribution is 0.0284. The van der Waals surface area contributed by atoms with Crippen molar-refractivity contribution in [3.63, 3.8) is 0 Å². The minimum absolute atomic E-state index is 0.0549. The largest absolute Gasteiger partial charge is 0.377 e. The van der Waals surface area contributed by atoms with E-state index in [1.807, 2.05) is 53.1 Å². The van der Waals surface area contributed by atoms with Crippen molar-refractivity contribution in [2.45, 2.75) is 30.1 Å². The highest BCUT2D eigenvalue weighted by atomic mass is 32.2. The van der Waals surface area contributed by atoms with Crippen molar-refractivity contribution in [3.05, 3.63) is 42.1 Å². The van der Waals surface area contributed by atoms with Crippen LogP contribution in [0.1, 0.15) is 29.8 Å². The highest BCUT2D eigenvalue weighted by Gasteiger charge is 2.51. The van der Waals surface area contributed by atoms with Gasteiger partial charge in [0.15, 0.2) is 0 Å². The number of carbonyl (C=O) groups excluding carboxylic acids is 1. The number of carbonyl (C=O) groups is 1. The molecule has 2 aromatic rings. The van der Waals surface area contributed by atoms with Crippen molar-refractivity contribution in [2.24, 2.45) is 5.92 Å². The Balaban J connectivity index is 1.21. The average molecular weight is 354 g/mol. The van der Waals surface area contributed by atoms with Gasteiger partial charge in [-0.25, -0.2) is 4.98 Å². The van der Waals surface area contributed by atoms with E-state index in [0.29, 0.717) is 11.8 Å². The van der Waals surface area contributed by atoms with Crippen molar-refractivity contribution >= 4 is 28.6 Å². The Morgan fingerprint density at radius 3 is 2.92 bits per heavy atom. The third kappa shape index (κ3) is 3.04. The van der Waals surface area contributed by atoms with Gasteiger partial charge >= 0.3 is 0 Å². The summed E-state index contributed by atoms with van der Waals surface area (Å²) in [5, 5.41) is 1.07. The second-order valence-corrected chi connectivity index (χ2v) is 9.14. The highest BCUT2D eigenvalue weighted by Crippen LogP contribution is 2.46. The van der Waals surface area contributed by atoms with E-state index in [2.05, 4.69) is 4.98 Å². The maximum atomic E-state index is 12.7. The molecule has 0 radical (unpaired) electrons. The van der Waals surface area contributed by atoms with Gasteiger partial charge in [-0.2, -0.15) is 0 Å². The molecule has 5 rings (SSSR count). The van der Waals surface area contributed by atoms with Gasteiger partial charge in [0, 0.05) is 30.8 Å². The molecule has 2 saturated heterocycles. The number of pyridine rings is 1. The highest BCUT2D eigenvalue weighted by molar-refractivity contribution is 8.01. The van der Waals surface area contributed by atoms with Crippen LogP contribution < -0.4 is 0 Å². The number of likely N-dealkylation sites (tertiary alicyclic amines) is 1. The van der Waals surface area contributed by atoms with Crippen molar-refractivity contribution in [2.75, 3.05) is 25.4 Å². The quantitative estimate of drug-likeness (QED) is 0.844. The van der Waals surface area contributed by atoms with Crippen molar-refractivity contribution in [3.8, 4) is 0 Å². The van der Waals surface area contributed by atoms with E-state index < -0.39 is 0 Å². The van der Waals surface area contributed by atoms with E-state index in [4.69, 9.17) is 4.74 Å². The number of ether oxygens (including phenoxy) is 1. The molecule has 3 heterocycles. The number of hydrogen-bond donors (Lipinski definition) is 0. The molecule has 1 spiro atoms. The van der Waals surface area contributed by atoms with Crippen LogP contribution in [0.15, 0.2) is 36.4 Å². The van der Waals surface area contributed by atoms with Gasteiger partial charge in [0.25, 0.3) is 5.91 Å². The molecule has 5 heteroatoms. The molecule has 1 aromatic heterocycles. The van der Waals surface area contributed by atoms with Crippen LogP contribution in [0.2, 0.25) is 0 Å². The third-order valence-corrected chi connectivity index (χ3v) is 7.08. The Kier molecular flexibility index (Phi) is 3.75. The van der Waals surface area contributed by atoms with Gasteiger partial charge in [0.2, 0.25) is 0 Å². The molecule has 1 aromatic carbocycles. The molecule has 1 atom stereocenters. The van der Waals surface area contributed by atoms with E-state index in [9.17, 15) is 4.79 Å². The summed E-state index contributed by atoms with van der Waals surface area (Å²) in [4.78, 5) is 19.2. The fourth-order valence-electron chi connectivity index (χ4n) is 3.83. The van der Waals surface area contributed by atoms with Crippen molar-refractivity contribution in [1.82, 2.24) is 9.88 Å². The Morgan fingerprint density at radius 2 is 2.08 bits per heavy atom. The first-order valence-electron chi connectivity index (χ1n) is 9.11. The second-order valence-electron chi connectivity index (χ2n) is 7.65. The van der Waals surface area contributed by atoms with Crippen molar-refractivity contribution in [1.29, 1.82) is 0 Å². The number of para-hydroxylation sites is 1. The van der Waals surface area contributed by atoms with Crippen LogP contribution in [0.4, 0.5) is 0 Å². The van der Waals surface area contributed by atoms with Crippen molar-refractivity contribution < 1.29 is 9.53 Å². The van der Waals surface area contributed by atoms with Crippen LogP contribution in [-0.2, 0) is 4.74 Å². The first-order valence-corrected chi connectivity index (χ1v) is 10.1. The Morgan fingerprint density at radius 1 is 1.24 bits per heavy atom. The molecule has 3 aliphatic rings. The monoisotopic (exact) mass is 354 g/mol. The molecule has 130 valence electrons. The summed E-state index contributed by atoms with van der Waals surface area (Å²) in [5.41, 5.74) is 1.44. The predicted molar refractivity (Wildman–Crippen MR) is 99.9 cm³/mol. The lowest BCUT2D eigenvalue weighted by Gasteiger charge is -2.47. The Bertz CT molecular complexity index is 814. The van der Waals surface area contributed by atoms with Gasteiger partial charge in [0.05, 0.1) is 16.4 Å². The molecule has 1 saturated carbocycles. The molecular weight excluding hydrogens is 332 g/mol. The summed E-state index contributed by atoms with van der Waals surface area (Å²) < 4.78 is 6.27. The van der Waals surface area contributed by atoms with E-state index in [0.717, 1.165) is 48.7 Å². The van der Waals surface area contributed by atoms with Crippen LogP contribution in [0.5, 0.6) is 0 Å². The average Bonchev–Trinajstić information content (AvgIpc) is 3.35. The predicted octanol–water partition coefficient (Wildman–Crippen LogP) is 3.36. The number of rotatable bonds is 4. The lowest BCUT2D eigenvalue weighted by Crippen LogP contribution is -2.60. The molecule has 0 N–H and O–H groups in total. The molecule has 1 amide bonds. The zero-order valence-electron chi connectivity index (χ0n) is 14.2. The van der Waals surface area contributed by atoms with Crippen LogP contribution in [0.3, 0.4) is 0 Å². The smallest absolute Gasteiger partial charge is 0.272 e. The van der Waals surface area contributed by atoms with Crippen LogP contribution in [0, 0.1) is 5.92 Å². The standard InChI is InChI=1S/C20H22N2O2S/c23-19(18-8-7-15-3-1-2-4-17(15)21-18)22-12-20(13-22)9-16(11-25-20)24-10-14-5-6-14/h1-4,7-8,14,16H,5-6,9-13H2/t16-/m1/s1. The number of thioether (sulfide) groups is 1. The van der Waals surface area contributed by atoms with Crippen LogP contribution in [-0.4, -0.2) is 52.1 Å². The number of amides is 1. The van der Waals surface area contributed by atoms with E-state index >= 15 is 0 Å². The molecule has 3 fully saturated rings. The van der Waals surface area contributed by atoms with Crippen LogP contribution in [0.25, 0.3) is 10.9 Å². The number of aromatic nitrogens is 1. The molecule has 25 heavy (non-hydrogen) atoms. The molecular formula is C20H22N2O2S. The fourth-order valence-corrected chi connectivity index (χ4v) is 5.38. The molecule has 0 bridgehead atoms. The summed E-state index contributed by atoms with van der Waals surface area (Å²) >= 11 is 1.99. The summed E-state index contributed by atoms with van der Waals surface area (Å²) in [6, 6.07) is 11.8. The molecule has 4 nitrogen and oxygen atoms in total. The maximum Gasteiger partial charge on any atom is 0.272 e. The van der Waals surface area contributed by atoms with Gasteiger partial charge in [-0.3, -0.25) is 4.79 Å². The minimum atomic E-state index is 0.0549.